The highest BCUT2D eigenvalue weighted by atomic mass is 16.1. The molecule has 0 bridgehead atoms. The number of H-pyrrole nitrogens is 1. The Morgan fingerprint density at radius 2 is 2.13 bits per heavy atom. The SMILES string of the molecule is CN/C=C(\C=N)c1cccc(CNC(=O)c2nccc3nc(C4CCCC4)[nH]c23)c1. The highest BCUT2D eigenvalue weighted by Crippen LogP contribution is 2.33. The quantitative estimate of drug-likeness (QED) is 0.452. The summed E-state index contributed by atoms with van der Waals surface area (Å²) in [6, 6.07) is 9.63. The maximum absolute atomic E-state index is 12.9. The van der Waals surface area contributed by atoms with E-state index in [1.165, 1.54) is 19.1 Å². The summed E-state index contributed by atoms with van der Waals surface area (Å²) in [5, 5.41) is 13.5. The zero-order chi connectivity index (χ0) is 20.9. The molecule has 1 aliphatic carbocycles. The van der Waals surface area contributed by atoms with Gasteiger partial charge in [-0.3, -0.25) is 4.79 Å². The van der Waals surface area contributed by atoms with Crippen LogP contribution in [0.15, 0.2) is 42.7 Å². The van der Waals surface area contributed by atoms with E-state index in [2.05, 4.69) is 20.6 Å². The number of pyridine rings is 1. The molecule has 0 radical (unpaired) electrons. The normalized spacial score (nSPS) is 14.8. The van der Waals surface area contributed by atoms with Gasteiger partial charge in [0.25, 0.3) is 5.91 Å². The van der Waals surface area contributed by atoms with Gasteiger partial charge in [-0.25, -0.2) is 9.97 Å². The lowest BCUT2D eigenvalue weighted by Crippen LogP contribution is -2.24. The van der Waals surface area contributed by atoms with Crippen molar-refractivity contribution in [2.75, 3.05) is 7.05 Å². The van der Waals surface area contributed by atoms with Gasteiger partial charge in [0, 0.05) is 43.7 Å². The predicted octanol–water partition coefficient (Wildman–Crippen LogP) is 3.76. The van der Waals surface area contributed by atoms with Crippen LogP contribution >= 0.6 is 0 Å². The van der Waals surface area contributed by atoms with Gasteiger partial charge in [-0.1, -0.05) is 31.0 Å². The van der Waals surface area contributed by atoms with E-state index >= 15 is 0 Å². The molecule has 1 amide bonds. The van der Waals surface area contributed by atoms with Crippen molar-refractivity contribution in [2.24, 2.45) is 0 Å². The molecule has 3 aromatic rings. The zero-order valence-corrected chi connectivity index (χ0v) is 17.0. The van der Waals surface area contributed by atoms with E-state index in [-0.39, 0.29) is 5.91 Å². The summed E-state index contributed by atoms with van der Waals surface area (Å²) < 4.78 is 0. The van der Waals surface area contributed by atoms with Crippen LogP contribution in [0.25, 0.3) is 16.6 Å². The molecule has 0 atom stereocenters. The fourth-order valence-corrected chi connectivity index (χ4v) is 4.01. The highest BCUT2D eigenvalue weighted by molar-refractivity contribution is 6.08. The third-order valence-corrected chi connectivity index (χ3v) is 5.55. The second kappa shape index (κ2) is 8.90. The lowest BCUT2D eigenvalue weighted by molar-refractivity contribution is 0.0947. The smallest absolute Gasteiger partial charge is 0.272 e. The van der Waals surface area contributed by atoms with E-state index in [9.17, 15) is 4.79 Å². The molecule has 0 aliphatic heterocycles. The van der Waals surface area contributed by atoms with Crippen LogP contribution in [0, 0.1) is 5.41 Å². The number of nitrogens with one attached hydrogen (secondary N) is 4. The van der Waals surface area contributed by atoms with Crippen molar-refractivity contribution >= 4 is 28.7 Å². The van der Waals surface area contributed by atoms with Gasteiger partial charge >= 0.3 is 0 Å². The second-order valence-corrected chi connectivity index (χ2v) is 7.57. The summed E-state index contributed by atoms with van der Waals surface area (Å²) in [7, 11) is 1.80. The molecular formula is C23H26N6O. The molecule has 0 spiro atoms. The van der Waals surface area contributed by atoms with Crippen LogP contribution < -0.4 is 10.6 Å². The van der Waals surface area contributed by atoms with Gasteiger partial charge < -0.3 is 21.0 Å². The summed E-state index contributed by atoms with van der Waals surface area (Å²) >= 11 is 0. The Morgan fingerprint density at radius 3 is 2.90 bits per heavy atom. The first-order valence-electron chi connectivity index (χ1n) is 10.3. The fraction of sp³-hybridized carbons (Fsp3) is 0.304. The lowest BCUT2D eigenvalue weighted by atomic mass is 10.0. The molecule has 0 saturated heterocycles. The minimum Gasteiger partial charge on any atom is -0.393 e. The van der Waals surface area contributed by atoms with Gasteiger partial charge in [-0.15, -0.1) is 0 Å². The number of hydrogen-bond donors (Lipinski definition) is 4. The number of nitrogens with zero attached hydrogens (tertiary/aromatic N) is 2. The molecule has 7 nitrogen and oxygen atoms in total. The zero-order valence-electron chi connectivity index (χ0n) is 17.0. The van der Waals surface area contributed by atoms with Gasteiger partial charge in [-0.2, -0.15) is 0 Å². The van der Waals surface area contributed by atoms with Gasteiger partial charge in [0.15, 0.2) is 5.69 Å². The monoisotopic (exact) mass is 402 g/mol. The summed E-state index contributed by atoms with van der Waals surface area (Å²) in [4.78, 5) is 25.2. The Bertz CT molecular complexity index is 1090. The topological polar surface area (TPSA) is 107 Å². The number of benzene rings is 1. The number of aromatic nitrogens is 3. The molecule has 154 valence electrons. The first-order chi connectivity index (χ1) is 14.7. The molecule has 0 unspecified atom stereocenters. The Morgan fingerprint density at radius 1 is 1.30 bits per heavy atom. The summed E-state index contributed by atoms with van der Waals surface area (Å²) in [5.41, 5.74) is 4.50. The molecule has 4 N–H and O–H groups in total. The van der Waals surface area contributed by atoms with Gasteiger partial charge in [-0.05, 0) is 36.1 Å². The van der Waals surface area contributed by atoms with Crippen molar-refractivity contribution in [3.8, 4) is 0 Å². The maximum Gasteiger partial charge on any atom is 0.272 e. The lowest BCUT2D eigenvalue weighted by Gasteiger charge is -2.08. The van der Waals surface area contributed by atoms with E-state index in [4.69, 9.17) is 10.4 Å². The van der Waals surface area contributed by atoms with Gasteiger partial charge in [0.05, 0.1) is 11.0 Å². The van der Waals surface area contributed by atoms with Crippen LogP contribution in [0.2, 0.25) is 0 Å². The van der Waals surface area contributed by atoms with Crippen molar-refractivity contribution < 1.29 is 4.79 Å². The Labute approximate surface area is 175 Å². The number of carbonyl (C=O) groups is 1. The first-order valence-corrected chi connectivity index (χ1v) is 10.3. The van der Waals surface area contributed by atoms with E-state index < -0.39 is 0 Å². The number of imidazole rings is 1. The predicted molar refractivity (Wildman–Crippen MR) is 119 cm³/mol. The van der Waals surface area contributed by atoms with Crippen molar-refractivity contribution in [1.82, 2.24) is 25.6 Å². The molecule has 1 saturated carbocycles. The molecular weight excluding hydrogens is 376 g/mol. The molecule has 2 aromatic heterocycles. The van der Waals surface area contributed by atoms with Gasteiger partial charge in [0.1, 0.15) is 5.82 Å². The van der Waals surface area contributed by atoms with Crippen molar-refractivity contribution in [3.05, 3.63) is 65.4 Å². The van der Waals surface area contributed by atoms with Crippen LogP contribution in [0.1, 0.15) is 59.0 Å². The van der Waals surface area contributed by atoms with Crippen molar-refractivity contribution in [3.63, 3.8) is 0 Å². The van der Waals surface area contributed by atoms with Crippen LogP contribution in [-0.2, 0) is 6.54 Å². The van der Waals surface area contributed by atoms with Crippen molar-refractivity contribution in [2.45, 2.75) is 38.1 Å². The Kier molecular flexibility index (Phi) is 5.88. The molecule has 2 heterocycles. The fourth-order valence-electron chi connectivity index (χ4n) is 4.01. The third-order valence-electron chi connectivity index (χ3n) is 5.55. The molecule has 30 heavy (non-hydrogen) atoms. The Hall–Kier alpha value is -3.48. The molecule has 7 heteroatoms. The highest BCUT2D eigenvalue weighted by Gasteiger charge is 2.22. The minimum atomic E-state index is -0.231. The molecule has 1 fully saturated rings. The Balaban J connectivity index is 1.51. The summed E-state index contributed by atoms with van der Waals surface area (Å²) in [6.07, 6.45) is 9.46. The van der Waals surface area contributed by atoms with Gasteiger partial charge in [0.2, 0.25) is 0 Å². The van der Waals surface area contributed by atoms with E-state index in [1.54, 1.807) is 19.4 Å². The molecule has 1 aliphatic rings. The largest absolute Gasteiger partial charge is 0.393 e. The first kappa shape index (κ1) is 19.8. The van der Waals surface area contributed by atoms with Crippen LogP contribution in [-0.4, -0.2) is 34.1 Å². The number of amides is 1. The number of carbonyl (C=O) groups excluding carboxylic acids is 1. The second-order valence-electron chi connectivity index (χ2n) is 7.57. The van der Waals surface area contributed by atoms with Crippen LogP contribution in [0.3, 0.4) is 0 Å². The number of allylic oxidation sites excluding steroid dienone is 1. The third kappa shape index (κ3) is 4.10. The maximum atomic E-state index is 12.9. The minimum absolute atomic E-state index is 0.231. The molecule has 4 rings (SSSR count). The number of rotatable bonds is 7. The summed E-state index contributed by atoms with van der Waals surface area (Å²) in [6.45, 7) is 0.374. The van der Waals surface area contributed by atoms with Crippen LogP contribution in [0.4, 0.5) is 0 Å². The summed E-state index contributed by atoms with van der Waals surface area (Å²) in [5.74, 6) is 1.18. The van der Waals surface area contributed by atoms with E-state index in [0.29, 0.717) is 23.7 Å². The number of aromatic amines is 1. The van der Waals surface area contributed by atoms with E-state index in [1.807, 2.05) is 30.3 Å². The average Bonchev–Trinajstić information content (AvgIpc) is 3.45. The van der Waals surface area contributed by atoms with Crippen LogP contribution in [0.5, 0.6) is 0 Å². The number of hydrogen-bond acceptors (Lipinski definition) is 5. The average molecular weight is 403 g/mol. The number of fused-ring (bicyclic) bond motifs is 1. The standard InChI is InChI=1S/C23H26N6O/c1-25-14-18(12-24)17-8-4-5-15(11-17)13-27-23(30)21-20-19(9-10-26-21)28-22(29-20)16-6-2-3-7-16/h4-5,8-12,14,16,24-25H,2-3,6-7,13H2,1H3,(H,27,30)(H,28,29)/b18-14+,24-12?. The van der Waals surface area contributed by atoms with E-state index in [0.717, 1.165) is 40.9 Å². The molecule has 1 aromatic carbocycles. The van der Waals surface area contributed by atoms with Crippen molar-refractivity contribution in [1.29, 1.82) is 5.41 Å².